The number of hydrogen-bond acceptors (Lipinski definition) is 1. The molecule has 0 radical (unpaired) electrons. The first kappa shape index (κ1) is 10.2. The number of Topliss-reactive ketones (excluding diaryl/α,β-unsaturated/α-hetero) is 1. The molecule has 0 fully saturated rings. The molecule has 0 aromatic heterocycles. The lowest BCUT2D eigenvalue weighted by molar-refractivity contribution is -0.113. The van der Waals surface area contributed by atoms with Crippen molar-refractivity contribution in [3.8, 4) is 11.8 Å². The molecule has 1 nitrogen and oxygen atoms in total. The summed E-state index contributed by atoms with van der Waals surface area (Å²) in [5.74, 6) is 6.20. The van der Waals surface area contributed by atoms with Crippen LogP contribution in [0.3, 0.4) is 0 Å². The fourth-order valence-electron chi connectivity index (χ4n) is 0.610. The molecule has 0 spiro atoms. The maximum absolute atomic E-state index is 10.7. The average molecular weight is 152 g/mol. The Morgan fingerprint density at radius 1 is 1.45 bits per heavy atom. The molecule has 0 saturated heterocycles. The average Bonchev–Trinajstić information content (AvgIpc) is 1.97. The summed E-state index contributed by atoms with van der Waals surface area (Å²) < 4.78 is 0. The lowest BCUT2D eigenvalue weighted by atomic mass is 10.1. The summed E-state index contributed by atoms with van der Waals surface area (Å²) in [5, 5.41) is 0. The molecule has 0 amide bonds. The summed E-state index contributed by atoms with van der Waals surface area (Å²) in [4.78, 5) is 10.7. The Labute approximate surface area is 69.2 Å². The van der Waals surface area contributed by atoms with Gasteiger partial charge >= 0.3 is 0 Å². The summed E-state index contributed by atoms with van der Waals surface area (Å²) in [7, 11) is 0. The van der Waals surface area contributed by atoms with Gasteiger partial charge in [0.15, 0.2) is 0 Å². The van der Waals surface area contributed by atoms with Gasteiger partial charge < -0.3 is 0 Å². The molecule has 0 aliphatic rings. The van der Waals surface area contributed by atoms with Crippen molar-refractivity contribution >= 4 is 5.78 Å². The van der Waals surface area contributed by atoms with Crippen molar-refractivity contribution in [3.05, 3.63) is 0 Å². The van der Waals surface area contributed by atoms with Gasteiger partial charge in [0.05, 0.1) is 0 Å². The minimum absolute atomic E-state index is 0.0498. The monoisotopic (exact) mass is 152 g/mol. The molecule has 0 aromatic carbocycles. The van der Waals surface area contributed by atoms with E-state index in [9.17, 15) is 4.79 Å². The van der Waals surface area contributed by atoms with Crippen molar-refractivity contribution in [2.75, 3.05) is 0 Å². The fourth-order valence-corrected chi connectivity index (χ4v) is 0.610. The second-order valence-electron chi connectivity index (χ2n) is 3.01. The maximum atomic E-state index is 10.7. The summed E-state index contributed by atoms with van der Waals surface area (Å²) in [6, 6.07) is 0. The van der Waals surface area contributed by atoms with Gasteiger partial charge in [0, 0.05) is 12.8 Å². The predicted molar refractivity (Wildman–Crippen MR) is 47.1 cm³/mol. The van der Waals surface area contributed by atoms with Crippen LogP contribution in [0, 0.1) is 17.8 Å². The normalized spacial score (nSPS) is 9.09. The van der Waals surface area contributed by atoms with Crippen LogP contribution in [-0.2, 0) is 4.79 Å². The standard InChI is InChI=1S/C10H16O/c1-4-10(11)8-6-5-7-9(2)3/h9H,4-5,7H2,1-3H3. The van der Waals surface area contributed by atoms with E-state index in [4.69, 9.17) is 0 Å². The molecule has 0 N–H and O–H groups in total. The molecule has 0 atom stereocenters. The van der Waals surface area contributed by atoms with Crippen LogP contribution in [0.25, 0.3) is 0 Å². The van der Waals surface area contributed by atoms with E-state index in [1.54, 1.807) is 0 Å². The van der Waals surface area contributed by atoms with E-state index >= 15 is 0 Å². The van der Waals surface area contributed by atoms with Crippen LogP contribution in [0.2, 0.25) is 0 Å². The molecule has 11 heavy (non-hydrogen) atoms. The third-order valence-corrected chi connectivity index (χ3v) is 1.40. The molecule has 0 bridgehead atoms. The zero-order valence-electron chi connectivity index (χ0n) is 7.61. The molecule has 62 valence electrons. The Kier molecular flexibility index (Phi) is 5.56. The van der Waals surface area contributed by atoms with E-state index in [0.29, 0.717) is 12.3 Å². The summed E-state index contributed by atoms with van der Waals surface area (Å²) in [5.41, 5.74) is 0. The van der Waals surface area contributed by atoms with Crippen LogP contribution < -0.4 is 0 Å². The minimum atomic E-state index is 0.0498. The van der Waals surface area contributed by atoms with Crippen molar-refractivity contribution < 1.29 is 4.79 Å². The molecule has 0 heterocycles. The molecular weight excluding hydrogens is 136 g/mol. The third-order valence-electron chi connectivity index (χ3n) is 1.40. The Morgan fingerprint density at radius 3 is 2.55 bits per heavy atom. The van der Waals surface area contributed by atoms with Crippen molar-refractivity contribution in [2.45, 2.75) is 40.0 Å². The molecule has 0 aliphatic carbocycles. The number of carbonyl (C=O) groups excluding carboxylic acids is 1. The van der Waals surface area contributed by atoms with Gasteiger partial charge in [0.1, 0.15) is 0 Å². The maximum Gasteiger partial charge on any atom is 0.205 e. The quantitative estimate of drug-likeness (QED) is 0.448. The van der Waals surface area contributed by atoms with Crippen LogP contribution in [0.15, 0.2) is 0 Å². The molecule has 0 saturated carbocycles. The van der Waals surface area contributed by atoms with E-state index in [-0.39, 0.29) is 5.78 Å². The van der Waals surface area contributed by atoms with E-state index in [1.807, 2.05) is 6.92 Å². The van der Waals surface area contributed by atoms with Crippen LogP contribution >= 0.6 is 0 Å². The van der Waals surface area contributed by atoms with Crippen molar-refractivity contribution in [3.63, 3.8) is 0 Å². The molecule has 0 aromatic rings. The SMILES string of the molecule is CCC(=O)C#CCCC(C)C. The highest BCUT2D eigenvalue weighted by Gasteiger charge is 1.90. The van der Waals surface area contributed by atoms with Crippen LogP contribution in [0.4, 0.5) is 0 Å². The van der Waals surface area contributed by atoms with Gasteiger partial charge in [-0.3, -0.25) is 4.79 Å². The highest BCUT2D eigenvalue weighted by Crippen LogP contribution is 2.01. The van der Waals surface area contributed by atoms with Gasteiger partial charge in [0.2, 0.25) is 5.78 Å². The summed E-state index contributed by atoms with van der Waals surface area (Å²) in [6.07, 6.45) is 2.47. The van der Waals surface area contributed by atoms with E-state index < -0.39 is 0 Å². The molecule has 0 aliphatic heterocycles. The summed E-state index contributed by atoms with van der Waals surface area (Å²) in [6.45, 7) is 6.14. The molecule has 0 unspecified atom stereocenters. The predicted octanol–water partition coefficient (Wildman–Crippen LogP) is 2.41. The van der Waals surface area contributed by atoms with Gasteiger partial charge in [-0.15, -0.1) is 0 Å². The number of ketones is 1. The van der Waals surface area contributed by atoms with Gasteiger partial charge in [0.25, 0.3) is 0 Å². The van der Waals surface area contributed by atoms with Gasteiger partial charge in [-0.2, -0.15) is 0 Å². The van der Waals surface area contributed by atoms with Crippen LogP contribution in [0.5, 0.6) is 0 Å². The molecule has 0 rings (SSSR count). The smallest absolute Gasteiger partial charge is 0.205 e. The highest BCUT2D eigenvalue weighted by atomic mass is 16.1. The Hall–Kier alpha value is -0.770. The largest absolute Gasteiger partial charge is 0.285 e. The van der Waals surface area contributed by atoms with Crippen LogP contribution in [-0.4, -0.2) is 5.78 Å². The summed E-state index contributed by atoms with van der Waals surface area (Å²) >= 11 is 0. The number of carbonyl (C=O) groups is 1. The van der Waals surface area contributed by atoms with E-state index in [2.05, 4.69) is 25.7 Å². The van der Waals surface area contributed by atoms with E-state index in [1.165, 1.54) is 0 Å². The van der Waals surface area contributed by atoms with Crippen molar-refractivity contribution in [2.24, 2.45) is 5.92 Å². The zero-order valence-corrected chi connectivity index (χ0v) is 7.61. The topological polar surface area (TPSA) is 17.1 Å². The lowest BCUT2D eigenvalue weighted by Gasteiger charge is -1.96. The number of hydrogen-bond donors (Lipinski definition) is 0. The molecule has 1 heteroatoms. The zero-order chi connectivity index (χ0) is 8.69. The lowest BCUT2D eigenvalue weighted by Crippen LogP contribution is -1.89. The second kappa shape index (κ2) is 5.97. The molecular formula is C10H16O. The Bertz CT molecular complexity index is 169. The van der Waals surface area contributed by atoms with Crippen molar-refractivity contribution in [1.29, 1.82) is 0 Å². The van der Waals surface area contributed by atoms with Gasteiger partial charge in [-0.25, -0.2) is 0 Å². The second-order valence-corrected chi connectivity index (χ2v) is 3.01. The van der Waals surface area contributed by atoms with Crippen molar-refractivity contribution in [1.82, 2.24) is 0 Å². The van der Waals surface area contributed by atoms with Gasteiger partial charge in [-0.05, 0) is 18.3 Å². The van der Waals surface area contributed by atoms with Crippen LogP contribution in [0.1, 0.15) is 40.0 Å². The first-order valence-electron chi connectivity index (χ1n) is 4.18. The number of rotatable bonds is 3. The Balaban J connectivity index is 3.48. The first-order valence-corrected chi connectivity index (χ1v) is 4.18. The minimum Gasteiger partial charge on any atom is -0.285 e. The Morgan fingerprint density at radius 2 is 2.09 bits per heavy atom. The fraction of sp³-hybridized carbons (Fsp3) is 0.700. The first-order chi connectivity index (χ1) is 5.16. The third kappa shape index (κ3) is 7.12. The van der Waals surface area contributed by atoms with E-state index in [0.717, 1.165) is 12.8 Å². The highest BCUT2D eigenvalue weighted by molar-refractivity contribution is 5.95. The van der Waals surface area contributed by atoms with Gasteiger partial charge in [-0.1, -0.05) is 26.7 Å².